The van der Waals surface area contributed by atoms with Gasteiger partial charge in [-0.15, -0.1) is 0 Å². The molecule has 0 atom stereocenters. The number of nitrogens with zero attached hydrogens (tertiary/aromatic N) is 2. The second-order valence-corrected chi connectivity index (χ2v) is 4.21. The summed E-state index contributed by atoms with van der Waals surface area (Å²) in [7, 11) is 0. The molecule has 0 unspecified atom stereocenters. The molecule has 0 spiro atoms. The Labute approximate surface area is 108 Å². The maximum absolute atomic E-state index is 10.6. The highest BCUT2D eigenvalue weighted by molar-refractivity contribution is 6.36. The molecule has 0 saturated carbocycles. The first-order chi connectivity index (χ1) is 8.20. The minimum absolute atomic E-state index is 0.346. The molecular formula is C12H8Cl2N2O. The molecule has 3 nitrogen and oxygen atoms in total. The summed E-state index contributed by atoms with van der Waals surface area (Å²) >= 11 is 12.1. The molecule has 0 aliphatic carbocycles. The van der Waals surface area contributed by atoms with E-state index in [2.05, 4.69) is 9.97 Å². The summed E-state index contributed by atoms with van der Waals surface area (Å²) in [6.07, 6.45) is 2.62. The van der Waals surface area contributed by atoms with E-state index in [1.54, 1.807) is 24.3 Å². The van der Waals surface area contributed by atoms with Gasteiger partial charge in [-0.1, -0.05) is 29.3 Å². The zero-order valence-corrected chi connectivity index (χ0v) is 10.2. The fraction of sp³-hybridized carbons (Fsp3) is 0.0833. The van der Waals surface area contributed by atoms with Crippen LogP contribution in [0.1, 0.15) is 21.9 Å². The van der Waals surface area contributed by atoms with Gasteiger partial charge >= 0.3 is 0 Å². The Bertz CT molecular complexity index is 538. The number of hydrogen-bond donors (Lipinski definition) is 0. The molecule has 1 heterocycles. The minimum Gasteiger partial charge on any atom is -0.296 e. The normalized spacial score (nSPS) is 10.2. The Morgan fingerprint density at radius 1 is 1.18 bits per heavy atom. The van der Waals surface area contributed by atoms with Crippen molar-refractivity contribution in [1.29, 1.82) is 0 Å². The van der Waals surface area contributed by atoms with Gasteiger partial charge < -0.3 is 0 Å². The van der Waals surface area contributed by atoms with Crippen LogP contribution in [0.4, 0.5) is 0 Å². The summed E-state index contributed by atoms with van der Waals surface area (Å²) in [4.78, 5) is 18.8. The maximum Gasteiger partial charge on any atom is 0.168 e. The Morgan fingerprint density at radius 2 is 1.88 bits per heavy atom. The first-order valence-electron chi connectivity index (χ1n) is 4.90. The lowest BCUT2D eigenvalue weighted by Gasteiger charge is -2.05. The summed E-state index contributed by atoms with van der Waals surface area (Å²) in [6, 6.07) is 6.83. The maximum atomic E-state index is 10.6. The number of rotatable bonds is 3. The summed E-state index contributed by atoms with van der Waals surface area (Å²) in [5.74, 6) is 0.518. The van der Waals surface area contributed by atoms with Crippen molar-refractivity contribution in [2.45, 2.75) is 6.42 Å². The number of halogens is 2. The Kier molecular flexibility index (Phi) is 3.71. The van der Waals surface area contributed by atoms with E-state index in [1.807, 2.05) is 0 Å². The second kappa shape index (κ2) is 5.25. The van der Waals surface area contributed by atoms with Crippen LogP contribution in [0, 0.1) is 0 Å². The van der Waals surface area contributed by atoms with E-state index >= 15 is 0 Å². The lowest BCUT2D eigenvalue weighted by atomic mass is 10.1. The topological polar surface area (TPSA) is 42.9 Å². The minimum atomic E-state index is 0.346. The molecule has 2 aromatic rings. The second-order valence-electron chi connectivity index (χ2n) is 3.39. The highest BCUT2D eigenvalue weighted by Gasteiger charge is 2.08. The zero-order chi connectivity index (χ0) is 12.3. The van der Waals surface area contributed by atoms with Crippen LogP contribution in [-0.2, 0) is 6.42 Å². The highest BCUT2D eigenvalue weighted by Crippen LogP contribution is 2.25. The summed E-state index contributed by atoms with van der Waals surface area (Å²) in [5.41, 5.74) is 1.11. The van der Waals surface area contributed by atoms with E-state index in [0.29, 0.717) is 34.3 Å². The van der Waals surface area contributed by atoms with Crippen LogP contribution in [0.5, 0.6) is 0 Å². The van der Waals surface area contributed by atoms with E-state index in [4.69, 9.17) is 23.2 Å². The van der Waals surface area contributed by atoms with Gasteiger partial charge in [-0.2, -0.15) is 0 Å². The Hall–Kier alpha value is -1.45. The molecule has 2 rings (SSSR count). The number of aldehydes is 1. The predicted molar refractivity (Wildman–Crippen MR) is 66.7 cm³/mol. The van der Waals surface area contributed by atoms with Crippen molar-refractivity contribution in [1.82, 2.24) is 9.97 Å². The van der Waals surface area contributed by atoms with Gasteiger partial charge in [0.2, 0.25) is 0 Å². The molecule has 0 radical (unpaired) electrons. The third kappa shape index (κ3) is 2.81. The fourth-order valence-corrected chi connectivity index (χ4v) is 1.96. The molecule has 5 heteroatoms. The summed E-state index contributed by atoms with van der Waals surface area (Å²) in [5, 5.41) is 1.13. The van der Waals surface area contributed by atoms with Gasteiger partial charge in [0.1, 0.15) is 11.5 Å². The number of carbonyl (C=O) groups is 1. The largest absolute Gasteiger partial charge is 0.296 e. The molecule has 0 aliphatic heterocycles. The molecular weight excluding hydrogens is 259 g/mol. The van der Waals surface area contributed by atoms with E-state index in [1.165, 1.54) is 6.20 Å². The smallest absolute Gasteiger partial charge is 0.168 e. The molecule has 0 fully saturated rings. The first-order valence-corrected chi connectivity index (χ1v) is 5.66. The van der Waals surface area contributed by atoms with Crippen molar-refractivity contribution in [3.8, 4) is 0 Å². The number of benzene rings is 1. The van der Waals surface area contributed by atoms with Crippen molar-refractivity contribution < 1.29 is 4.79 Å². The van der Waals surface area contributed by atoms with Crippen molar-refractivity contribution in [3.05, 3.63) is 57.6 Å². The first kappa shape index (κ1) is 12.0. The van der Waals surface area contributed by atoms with E-state index in [0.717, 1.165) is 5.56 Å². The average Bonchev–Trinajstić information content (AvgIpc) is 2.34. The fourth-order valence-electron chi connectivity index (χ4n) is 1.42. The summed E-state index contributed by atoms with van der Waals surface area (Å²) in [6.45, 7) is 0. The van der Waals surface area contributed by atoms with Gasteiger partial charge in [-0.05, 0) is 23.8 Å². The van der Waals surface area contributed by atoms with E-state index in [-0.39, 0.29) is 0 Å². The molecule has 0 N–H and O–H groups in total. The SMILES string of the molecule is O=Cc1ccnc(Cc2c(Cl)cccc2Cl)n1. The molecule has 1 aromatic carbocycles. The van der Waals surface area contributed by atoms with Crippen LogP contribution in [0.25, 0.3) is 0 Å². The van der Waals surface area contributed by atoms with E-state index < -0.39 is 0 Å². The number of hydrogen-bond acceptors (Lipinski definition) is 3. The highest BCUT2D eigenvalue weighted by atomic mass is 35.5. The van der Waals surface area contributed by atoms with Gasteiger partial charge in [0.25, 0.3) is 0 Å². The quantitative estimate of drug-likeness (QED) is 0.802. The Balaban J connectivity index is 2.34. The van der Waals surface area contributed by atoms with Crippen molar-refractivity contribution >= 4 is 29.5 Å². The van der Waals surface area contributed by atoms with Crippen LogP contribution < -0.4 is 0 Å². The third-order valence-corrected chi connectivity index (χ3v) is 2.95. The van der Waals surface area contributed by atoms with Crippen LogP contribution >= 0.6 is 23.2 Å². The molecule has 0 saturated heterocycles. The van der Waals surface area contributed by atoms with Gasteiger partial charge in [-0.25, -0.2) is 9.97 Å². The van der Waals surface area contributed by atoms with Crippen LogP contribution in [0.3, 0.4) is 0 Å². The van der Waals surface area contributed by atoms with Crippen molar-refractivity contribution in [2.24, 2.45) is 0 Å². The lowest BCUT2D eigenvalue weighted by Crippen LogP contribution is -2.00. The third-order valence-electron chi connectivity index (χ3n) is 2.24. The molecule has 86 valence electrons. The van der Waals surface area contributed by atoms with Crippen LogP contribution in [-0.4, -0.2) is 16.3 Å². The molecule has 17 heavy (non-hydrogen) atoms. The van der Waals surface area contributed by atoms with Gasteiger partial charge in [-0.3, -0.25) is 4.79 Å². The predicted octanol–water partition coefficient (Wildman–Crippen LogP) is 3.19. The van der Waals surface area contributed by atoms with Crippen LogP contribution in [0.15, 0.2) is 30.5 Å². The van der Waals surface area contributed by atoms with Crippen molar-refractivity contribution in [3.63, 3.8) is 0 Å². The number of aromatic nitrogens is 2. The average molecular weight is 267 g/mol. The van der Waals surface area contributed by atoms with Gasteiger partial charge in [0, 0.05) is 22.7 Å². The van der Waals surface area contributed by atoms with Gasteiger partial charge in [0.15, 0.2) is 6.29 Å². The zero-order valence-electron chi connectivity index (χ0n) is 8.73. The molecule has 1 aromatic heterocycles. The number of carbonyl (C=O) groups excluding carboxylic acids is 1. The van der Waals surface area contributed by atoms with Crippen molar-refractivity contribution in [2.75, 3.05) is 0 Å². The molecule has 0 bridgehead atoms. The van der Waals surface area contributed by atoms with E-state index in [9.17, 15) is 4.79 Å². The Morgan fingerprint density at radius 3 is 2.53 bits per heavy atom. The lowest BCUT2D eigenvalue weighted by molar-refractivity contribution is 0.111. The van der Waals surface area contributed by atoms with Gasteiger partial charge in [0.05, 0.1) is 0 Å². The monoisotopic (exact) mass is 266 g/mol. The molecule has 0 aliphatic rings. The molecule has 0 amide bonds. The standard InChI is InChI=1S/C12H8Cl2N2O/c13-10-2-1-3-11(14)9(10)6-12-15-5-4-8(7-17)16-12/h1-5,7H,6H2. The van der Waals surface area contributed by atoms with Crippen LogP contribution in [0.2, 0.25) is 10.0 Å². The summed E-state index contributed by atoms with van der Waals surface area (Å²) < 4.78 is 0.